The van der Waals surface area contributed by atoms with Gasteiger partial charge < -0.3 is 10.2 Å². The number of fused-ring (bicyclic) bond motifs is 1. The third kappa shape index (κ3) is 4.10. The highest BCUT2D eigenvalue weighted by Crippen LogP contribution is 2.34. The van der Waals surface area contributed by atoms with Crippen LogP contribution in [0.2, 0.25) is 0 Å². The van der Waals surface area contributed by atoms with Gasteiger partial charge in [0.15, 0.2) is 0 Å². The van der Waals surface area contributed by atoms with Gasteiger partial charge in [0.05, 0.1) is 11.5 Å². The number of alkyl halides is 3. The number of carbonyl (C=O) groups excluding carboxylic acids is 2. The lowest BCUT2D eigenvalue weighted by Gasteiger charge is -2.28. The smallest absolute Gasteiger partial charge is 0.341 e. The van der Waals surface area contributed by atoms with Crippen molar-refractivity contribution in [1.29, 1.82) is 0 Å². The summed E-state index contributed by atoms with van der Waals surface area (Å²) in [4.78, 5) is 25.9. The lowest BCUT2D eigenvalue weighted by Crippen LogP contribution is -2.36. The fourth-order valence-electron chi connectivity index (χ4n) is 3.12. The van der Waals surface area contributed by atoms with Gasteiger partial charge in [-0.05, 0) is 35.4 Å². The summed E-state index contributed by atoms with van der Waals surface area (Å²) in [7, 11) is 1.46. The molecule has 0 radical (unpaired) electrons. The van der Waals surface area contributed by atoms with Gasteiger partial charge in [-0.25, -0.2) is 4.39 Å². The first-order chi connectivity index (χ1) is 12.6. The van der Waals surface area contributed by atoms with Crippen LogP contribution in [0.1, 0.15) is 29.0 Å². The number of hydrogen-bond acceptors (Lipinski definition) is 2. The molecule has 1 unspecified atom stereocenters. The summed E-state index contributed by atoms with van der Waals surface area (Å²) in [6.45, 7) is -0.0442. The van der Waals surface area contributed by atoms with Crippen LogP contribution in [0.15, 0.2) is 42.5 Å². The molecule has 27 heavy (non-hydrogen) atoms. The zero-order valence-corrected chi connectivity index (χ0v) is 14.3. The van der Waals surface area contributed by atoms with Gasteiger partial charge in [0.1, 0.15) is 5.82 Å². The average Bonchev–Trinajstić information content (AvgIpc) is 2.59. The fourth-order valence-corrected chi connectivity index (χ4v) is 3.12. The van der Waals surface area contributed by atoms with Crippen LogP contribution in [-0.2, 0) is 22.3 Å². The Kier molecular flexibility index (Phi) is 4.91. The molecule has 3 rings (SSSR count). The maximum atomic E-state index is 13.4. The molecule has 0 fully saturated rings. The van der Waals surface area contributed by atoms with Crippen molar-refractivity contribution in [1.82, 2.24) is 4.90 Å². The van der Waals surface area contributed by atoms with Crippen molar-refractivity contribution in [2.24, 2.45) is 0 Å². The lowest BCUT2D eigenvalue weighted by molar-refractivity contribution is -0.137. The molecule has 4 nitrogen and oxygen atoms in total. The third-order valence-corrected chi connectivity index (χ3v) is 4.40. The van der Waals surface area contributed by atoms with Gasteiger partial charge in [0, 0.05) is 25.7 Å². The number of likely N-dealkylation sites (N-methyl/N-ethyl adjacent to an activating group) is 1. The van der Waals surface area contributed by atoms with Crippen LogP contribution in [-0.4, -0.2) is 23.8 Å². The predicted octanol–water partition coefficient (Wildman–Crippen LogP) is 3.93. The fraction of sp³-hybridized carbons (Fsp3) is 0.263. The summed E-state index contributed by atoms with van der Waals surface area (Å²) < 4.78 is 51.9. The predicted molar refractivity (Wildman–Crippen MR) is 90.3 cm³/mol. The maximum absolute atomic E-state index is 13.4. The second-order valence-electron chi connectivity index (χ2n) is 6.43. The summed E-state index contributed by atoms with van der Waals surface area (Å²) in [5, 5.41) is 2.52. The molecule has 0 aliphatic carbocycles. The largest absolute Gasteiger partial charge is 0.416 e. The molecule has 1 aliphatic rings. The Labute approximate surface area is 152 Å². The van der Waals surface area contributed by atoms with Crippen molar-refractivity contribution in [3.8, 4) is 0 Å². The summed E-state index contributed by atoms with van der Waals surface area (Å²) >= 11 is 0. The van der Waals surface area contributed by atoms with E-state index < -0.39 is 35.3 Å². The number of nitrogens with one attached hydrogen (secondary N) is 1. The van der Waals surface area contributed by atoms with Gasteiger partial charge in [0.25, 0.3) is 0 Å². The third-order valence-electron chi connectivity index (χ3n) is 4.40. The molecule has 1 aliphatic heterocycles. The number of halogens is 4. The molecule has 2 aromatic rings. The number of benzene rings is 2. The highest BCUT2D eigenvalue weighted by atomic mass is 19.4. The minimum atomic E-state index is -4.47. The zero-order chi connectivity index (χ0) is 19.8. The van der Waals surface area contributed by atoms with Crippen LogP contribution in [0, 0.1) is 5.82 Å². The van der Waals surface area contributed by atoms with Crippen molar-refractivity contribution in [3.63, 3.8) is 0 Å². The second kappa shape index (κ2) is 7.02. The molecule has 142 valence electrons. The van der Waals surface area contributed by atoms with Gasteiger partial charge in [-0.2, -0.15) is 13.2 Å². The number of amides is 2. The van der Waals surface area contributed by atoms with Crippen LogP contribution in [0.5, 0.6) is 0 Å². The van der Waals surface area contributed by atoms with Crippen molar-refractivity contribution in [2.75, 3.05) is 12.4 Å². The van der Waals surface area contributed by atoms with E-state index in [1.807, 2.05) is 0 Å². The minimum Gasteiger partial charge on any atom is -0.341 e. The topological polar surface area (TPSA) is 49.4 Å². The Hall–Kier alpha value is -2.90. The molecule has 1 heterocycles. The van der Waals surface area contributed by atoms with E-state index in [0.717, 1.165) is 18.2 Å². The summed E-state index contributed by atoms with van der Waals surface area (Å²) in [5.74, 6) is -2.20. The van der Waals surface area contributed by atoms with Gasteiger partial charge in [-0.1, -0.05) is 18.2 Å². The number of rotatable bonds is 3. The van der Waals surface area contributed by atoms with E-state index in [-0.39, 0.29) is 18.7 Å². The monoisotopic (exact) mass is 380 g/mol. The molecule has 8 heteroatoms. The number of anilines is 1. The van der Waals surface area contributed by atoms with Gasteiger partial charge in [0.2, 0.25) is 11.8 Å². The summed E-state index contributed by atoms with van der Waals surface area (Å²) in [6, 6.07) is 8.49. The molecule has 0 saturated carbocycles. The molecule has 1 atom stereocenters. The Morgan fingerprint density at radius 1 is 1.22 bits per heavy atom. The van der Waals surface area contributed by atoms with E-state index in [2.05, 4.69) is 5.32 Å². The first-order valence-corrected chi connectivity index (χ1v) is 8.15. The molecule has 0 aromatic heterocycles. The molecule has 2 amide bonds. The molecule has 2 aromatic carbocycles. The number of nitrogens with zero attached hydrogens (tertiary/aromatic N) is 1. The number of hydrogen-bond donors (Lipinski definition) is 1. The first kappa shape index (κ1) is 18.9. The highest BCUT2D eigenvalue weighted by Gasteiger charge is 2.33. The Morgan fingerprint density at radius 2 is 1.96 bits per heavy atom. The van der Waals surface area contributed by atoms with Crippen LogP contribution in [0.4, 0.5) is 23.2 Å². The standard InChI is InChI=1S/C19H16F4N2O2/c1-25(10-11-3-2-4-12(7-11)19(21,22)23)18(27)15-9-17(26)24-16-8-13(20)5-6-14(15)16/h2-8,15H,9-10H2,1H3,(H,24,26). The van der Waals surface area contributed by atoms with Crippen LogP contribution >= 0.6 is 0 Å². The van der Waals surface area contributed by atoms with Crippen molar-refractivity contribution in [3.05, 3.63) is 65.0 Å². The maximum Gasteiger partial charge on any atom is 0.416 e. The Morgan fingerprint density at radius 3 is 2.67 bits per heavy atom. The normalized spacial score (nSPS) is 16.5. The molecule has 0 spiro atoms. The summed E-state index contributed by atoms with van der Waals surface area (Å²) in [6.07, 6.45) is -4.58. The minimum absolute atomic E-state index is 0.0442. The highest BCUT2D eigenvalue weighted by molar-refractivity contribution is 6.01. The Balaban J connectivity index is 1.81. The van der Waals surface area contributed by atoms with Gasteiger partial charge >= 0.3 is 6.18 Å². The van der Waals surface area contributed by atoms with Crippen LogP contribution in [0.3, 0.4) is 0 Å². The second-order valence-corrected chi connectivity index (χ2v) is 6.43. The van der Waals surface area contributed by atoms with Crippen LogP contribution in [0.25, 0.3) is 0 Å². The SMILES string of the molecule is CN(Cc1cccc(C(F)(F)F)c1)C(=O)C1CC(=O)Nc2cc(F)ccc21. The van der Waals surface area contributed by atoms with Crippen molar-refractivity contribution < 1.29 is 27.2 Å². The van der Waals surface area contributed by atoms with E-state index in [4.69, 9.17) is 0 Å². The molecular formula is C19H16F4N2O2. The van der Waals surface area contributed by atoms with E-state index in [1.165, 1.54) is 36.2 Å². The molecule has 0 saturated heterocycles. The van der Waals surface area contributed by atoms with Gasteiger partial charge in [-0.3, -0.25) is 9.59 Å². The average molecular weight is 380 g/mol. The van der Waals surface area contributed by atoms with E-state index in [1.54, 1.807) is 0 Å². The molecule has 1 N–H and O–H groups in total. The van der Waals surface area contributed by atoms with E-state index in [9.17, 15) is 27.2 Å². The van der Waals surface area contributed by atoms with Crippen molar-refractivity contribution in [2.45, 2.75) is 25.1 Å². The first-order valence-electron chi connectivity index (χ1n) is 8.15. The quantitative estimate of drug-likeness (QED) is 0.821. The van der Waals surface area contributed by atoms with E-state index in [0.29, 0.717) is 11.1 Å². The molecular weight excluding hydrogens is 364 g/mol. The summed E-state index contributed by atoms with van der Waals surface area (Å²) in [5.41, 5.74) is 0.243. The van der Waals surface area contributed by atoms with Gasteiger partial charge in [-0.15, -0.1) is 0 Å². The van der Waals surface area contributed by atoms with Crippen molar-refractivity contribution >= 4 is 17.5 Å². The van der Waals surface area contributed by atoms with E-state index >= 15 is 0 Å². The zero-order valence-electron chi connectivity index (χ0n) is 14.3. The Bertz CT molecular complexity index is 896. The molecule has 0 bridgehead atoms. The number of carbonyl (C=O) groups is 2. The lowest BCUT2D eigenvalue weighted by atomic mass is 9.89. The van der Waals surface area contributed by atoms with Crippen LogP contribution < -0.4 is 5.32 Å².